The van der Waals surface area contributed by atoms with Crippen molar-refractivity contribution in [3.8, 4) is 0 Å². The molecule has 27 heavy (non-hydrogen) atoms. The van der Waals surface area contributed by atoms with E-state index >= 15 is 0 Å². The Labute approximate surface area is 167 Å². The maximum atomic E-state index is 13.3. The average Bonchev–Trinajstić information content (AvgIpc) is 2.61. The van der Waals surface area contributed by atoms with E-state index in [0.29, 0.717) is 16.5 Å². The molecule has 1 nitrogen and oxygen atoms in total. The summed E-state index contributed by atoms with van der Waals surface area (Å²) in [7, 11) is 0. The Bertz CT molecular complexity index is 830. The number of aromatic nitrogens is 1. The number of alkyl halides is 3. The molecule has 1 fully saturated rings. The van der Waals surface area contributed by atoms with Gasteiger partial charge in [0, 0.05) is 29.5 Å². The number of pyridine rings is 1. The minimum absolute atomic E-state index is 0.00662. The number of halogens is 5. The van der Waals surface area contributed by atoms with Crippen molar-refractivity contribution in [1.29, 1.82) is 0 Å². The van der Waals surface area contributed by atoms with Crippen LogP contribution in [0.2, 0.25) is 10.0 Å². The average molecular weight is 416 g/mol. The van der Waals surface area contributed by atoms with Crippen LogP contribution in [0.15, 0.2) is 24.3 Å². The first-order chi connectivity index (χ1) is 12.7. The standard InChI is InChI=1S/C21H22Cl2F3N/c1-3-13-7-14(20(23)16(8-13)15-9-21(25,26)10-15)6-12(2)18-5-4-17(22)19(11-24)27-18/h4-5,7-8,12,15H,3,6,9-11H2,1-2H3. The second-order valence-corrected chi connectivity index (χ2v) is 8.16. The lowest BCUT2D eigenvalue weighted by Crippen LogP contribution is -2.34. The summed E-state index contributed by atoms with van der Waals surface area (Å²) in [5.41, 5.74) is 3.79. The topological polar surface area (TPSA) is 12.9 Å². The number of benzene rings is 1. The van der Waals surface area contributed by atoms with Crippen molar-refractivity contribution in [3.05, 3.63) is 62.4 Å². The molecule has 1 aliphatic rings. The first-order valence-electron chi connectivity index (χ1n) is 9.14. The van der Waals surface area contributed by atoms with Gasteiger partial charge in [0.15, 0.2) is 0 Å². The lowest BCUT2D eigenvalue weighted by Gasteiger charge is -2.36. The summed E-state index contributed by atoms with van der Waals surface area (Å²) in [6.45, 7) is 3.31. The van der Waals surface area contributed by atoms with Gasteiger partial charge in [0.05, 0.1) is 10.7 Å². The van der Waals surface area contributed by atoms with Crippen LogP contribution in [-0.4, -0.2) is 10.9 Å². The fourth-order valence-corrected chi connectivity index (χ4v) is 4.11. The zero-order valence-electron chi connectivity index (χ0n) is 15.3. The molecule has 1 heterocycles. The Morgan fingerprint density at radius 3 is 2.52 bits per heavy atom. The van der Waals surface area contributed by atoms with Crippen LogP contribution in [0.5, 0.6) is 0 Å². The van der Waals surface area contributed by atoms with Crippen molar-refractivity contribution >= 4 is 23.2 Å². The molecular weight excluding hydrogens is 394 g/mol. The summed E-state index contributed by atoms with van der Waals surface area (Å²) in [4.78, 5) is 4.31. The second kappa shape index (κ2) is 8.00. The zero-order valence-corrected chi connectivity index (χ0v) is 16.8. The maximum absolute atomic E-state index is 13.3. The van der Waals surface area contributed by atoms with E-state index in [2.05, 4.69) is 4.98 Å². The largest absolute Gasteiger partial charge is 0.253 e. The lowest BCUT2D eigenvalue weighted by molar-refractivity contribution is -0.0867. The molecule has 1 atom stereocenters. The van der Waals surface area contributed by atoms with E-state index in [1.165, 1.54) is 0 Å². The van der Waals surface area contributed by atoms with Crippen molar-refractivity contribution in [1.82, 2.24) is 4.98 Å². The molecular formula is C21H22Cl2F3N. The summed E-state index contributed by atoms with van der Waals surface area (Å²) in [6.07, 6.45) is 1.12. The molecule has 0 spiro atoms. The highest BCUT2D eigenvalue weighted by molar-refractivity contribution is 6.32. The number of aryl methyl sites for hydroxylation is 1. The van der Waals surface area contributed by atoms with E-state index < -0.39 is 12.6 Å². The highest BCUT2D eigenvalue weighted by atomic mass is 35.5. The Balaban J connectivity index is 1.87. The molecule has 6 heteroatoms. The fraction of sp³-hybridized carbons (Fsp3) is 0.476. The van der Waals surface area contributed by atoms with Crippen molar-refractivity contribution in [2.75, 3.05) is 0 Å². The zero-order chi connectivity index (χ0) is 19.8. The third kappa shape index (κ3) is 4.43. The van der Waals surface area contributed by atoms with Gasteiger partial charge in [-0.1, -0.05) is 49.2 Å². The molecule has 1 aromatic heterocycles. The van der Waals surface area contributed by atoms with Gasteiger partial charge in [-0.2, -0.15) is 0 Å². The minimum atomic E-state index is -2.58. The van der Waals surface area contributed by atoms with Crippen LogP contribution in [0.4, 0.5) is 13.2 Å². The molecule has 0 N–H and O–H groups in total. The van der Waals surface area contributed by atoms with Gasteiger partial charge in [0.1, 0.15) is 6.67 Å². The van der Waals surface area contributed by atoms with E-state index in [-0.39, 0.29) is 30.4 Å². The third-order valence-corrected chi connectivity index (χ3v) is 6.08. The summed E-state index contributed by atoms with van der Waals surface area (Å²) >= 11 is 12.5. The van der Waals surface area contributed by atoms with Gasteiger partial charge in [0.2, 0.25) is 5.92 Å². The summed E-state index contributed by atoms with van der Waals surface area (Å²) < 4.78 is 39.7. The monoisotopic (exact) mass is 415 g/mol. The molecule has 1 aromatic carbocycles. The smallest absolute Gasteiger partial charge is 0.249 e. The fourth-order valence-electron chi connectivity index (χ4n) is 3.61. The van der Waals surface area contributed by atoms with Gasteiger partial charge in [-0.25, -0.2) is 13.2 Å². The highest BCUT2D eigenvalue weighted by Crippen LogP contribution is 2.50. The number of rotatable bonds is 6. The van der Waals surface area contributed by atoms with E-state index in [4.69, 9.17) is 23.2 Å². The normalized spacial score (nSPS) is 17.6. The van der Waals surface area contributed by atoms with E-state index in [0.717, 1.165) is 28.8 Å². The molecule has 1 saturated carbocycles. The van der Waals surface area contributed by atoms with Crippen LogP contribution < -0.4 is 0 Å². The molecule has 146 valence electrons. The van der Waals surface area contributed by atoms with Crippen LogP contribution in [0.1, 0.15) is 66.6 Å². The second-order valence-electron chi connectivity index (χ2n) is 7.38. The molecule has 1 unspecified atom stereocenters. The highest BCUT2D eigenvalue weighted by Gasteiger charge is 2.46. The predicted octanol–water partition coefficient (Wildman–Crippen LogP) is 7.28. The van der Waals surface area contributed by atoms with Crippen molar-refractivity contribution in [2.24, 2.45) is 0 Å². The Hall–Kier alpha value is -1.26. The minimum Gasteiger partial charge on any atom is -0.253 e. The van der Waals surface area contributed by atoms with Gasteiger partial charge in [-0.3, -0.25) is 4.98 Å². The number of hydrogen-bond acceptors (Lipinski definition) is 1. The van der Waals surface area contributed by atoms with Crippen LogP contribution >= 0.6 is 23.2 Å². The van der Waals surface area contributed by atoms with Gasteiger partial charge >= 0.3 is 0 Å². The maximum Gasteiger partial charge on any atom is 0.249 e. The summed E-state index contributed by atoms with van der Waals surface area (Å²) in [6, 6.07) is 7.43. The van der Waals surface area contributed by atoms with E-state index in [1.54, 1.807) is 12.1 Å². The van der Waals surface area contributed by atoms with Crippen molar-refractivity contribution in [3.63, 3.8) is 0 Å². The Morgan fingerprint density at radius 1 is 1.22 bits per heavy atom. The van der Waals surface area contributed by atoms with Gasteiger partial charge in [-0.05, 0) is 47.6 Å². The summed E-state index contributed by atoms with van der Waals surface area (Å²) in [5.74, 6) is -2.78. The van der Waals surface area contributed by atoms with Crippen LogP contribution in [0.25, 0.3) is 0 Å². The van der Waals surface area contributed by atoms with Gasteiger partial charge < -0.3 is 0 Å². The molecule has 0 radical (unpaired) electrons. The summed E-state index contributed by atoms with van der Waals surface area (Å²) in [5, 5.41) is 0.881. The molecule has 3 rings (SSSR count). The molecule has 0 aliphatic heterocycles. The van der Waals surface area contributed by atoms with Crippen molar-refractivity contribution in [2.45, 2.75) is 64.0 Å². The first kappa shape index (κ1) is 20.5. The number of nitrogens with zero attached hydrogens (tertiary/aromatic N) is 1. The first-order valence-corrected chi connectivity index (χ1v) is 9.90. The molecule has 0 saturated heterocycles. The SMILES string of the molecule is CCc1cc(CC(C)c2ccc(Cl)c(CF)n2)c(Cl)c(C2CC(F)(F)C2)c1. The molecule has 1 aliphatic carbocycles. The van der Waals surface area contributed by atoms with Crippen LogP contribution in [-0.2, 0) is 19.5 Å². The number of hydrogen-bond donors (Lipinski definition) is 0. The van der Waals surface area contributed by atoms with Crippen LogP contribution in [0.3, 0.4) is 0 Å². The Morgan fingerprint density at radius 2 is 1.93 bits per heavy atom. The van der Waals surface area contributed by atoms with E-state index in [9.17, 15) is 13.2 Å². The van der Waals surface area contributed by atoms with Gasteiger partial charge in [-0.15, -0.1) is 0 Å². The predicted molar refractivity (Wildman–Crippen MR) is 104 cm³/mol. The lowest BCUT2D eigenvalue weighted by atomic mass is 9.75. The van der Waals surface area contributed by atoms with E-state index in [1.807, 2.05) is 26.0 Å². The van der Waals surface area contributed by atoms with Gasteiger partial charge in [0.25, 0.3) is 0 Å². The molecule has 2 aromatic rings. The quantitative estimate of drug-likeness (QED) is 0.482. The third-order valence-electron chi connectivity index (χ3n) is 5.27. The van der Waals surface area contributed by atoms with Crippen molar-refractivity contribution < 1.29 is 13.2 Å². The molecule has 0 bridgehead atoms. The van der Waals surface area contributed by atoms with Crippen LogP contribution in [0, 0.1) is 0 Å². The molecule has 0 amide bonds. The Kier molecular flexibility index (Phi) is 6.07.